The van der Waals surface area contributed by atoms with Crippen molar-refractivity contribution in [3.8, 4) is 0 Å². The molecular weight excluding hydrogens is 157 g/mol. The standard InChI is InChI=1S/C8H8FN3/c1-10-8-2-5-4-11-12-7(5)3-6(8)9/h2-4,10H,1H3,(H,11,12). The third kappa shape index (κ3) is 0.922. The number of hydrogen-bond acceptors (Lipinski definition) is 2. The fraction of sp³-hybridized carbons (Fsp3) is 0.125. The summed E-state index contributed by atoms with van der Waals surface area (Å²) in [6.07, 6.45) is 1.66. The van der Waals surface area contributed by atoms with Crippen LogP contribution in [-0.4, -0.2) is 17.2 Å². The molecule has 0 saturated heterocycles. The molecule has 2 rings (SSSR count). The molecule has 0 aliphatic rings. The van der Waals surface area contributed by atoms with Gasteiger partial charge in [0.2, 0.25) is 0 Å². The van der Waals surface area contributed by atoms with Crippen LogP contribution in [0.15, 0.2) is 18.3 Å². The minimum Gasteiger partial charge on any atom is -0.386 e. The summed E-state index contributed by atoms with van der Waals surface area (Å²) in [6, 6.07) is 3.14. The van der Waals surface area contributed by atoms with Crippen molar-refractivity contribution < 1.29 is 4.39 Å². The maximum absolute atomic E-state index is 13.1. The molecule has 2 N–H and O–H groups in total. The minimum atomic E-state index is -0.269. The van der Waals surface area contributed by atoms with Crippen LogP contribution in [0.3, 0.4) is 0 Å². The summed E-state index contributed by atoms with van der Waals surface area (Å²) in [5.41, 5.74) is 1.20. The number of hydrogen-bond donors (Lipinski definition) is 2. The number of nitrogens with zero attached hydrogens (tertiary/aromatic N) is 1. The third-order valence-electron chi connectivity index (χ3n) is 1.80. The Kier molecular flexibility index (Phi) is 1.46. The van der Waals surface area contributed by atoms with Crippen molar-refractivity contribution in [3.05, 3.63) is 24.1 Å². The second kappa shape index (κ2) is 2.48. The molecule has 1 heterocycles. The lowest BCUT2D eigenvalue weighted by Gasteiger charge is -2.00. The lowest BCUT2D eigenvalue weighted by atomic mass is 10.2. The zero-order chi connectivity index (χ0) is 8.55. The zero-order valence-corrected chi connectivity index (χ0v) is 6.56. The second-order valence-corrected chi connectivity index (χ2v) is 2.54. The quantitative estimate of drug-likeness (QED) is 0.675. The van der Waals surface area contributed by atoms with E-state index < -0.39 is 0 Å². The van der Waals surface area contributed by atoms with Crippen LogP contribution in [0.5, 0.6) is 0 Å². The summed E-state index contributed by atoms with van der Waals surface area (Å²) < 4.78 is 13.1. The van der Waals surface area contributed by atoms with Gasteiger partial charge in [-0.15, -0.1) is 0 Å². The van der Waals surface area contributed by atoms with Crippen molar-refractivity contribution >= 4 is 16.6 Å². The van der Waals surface area contributed by atoms with Gasteiger partial charge in [0.05, 0.1) is 17.4 Å². The fourth-order valence-corrected chi connectivity index (χ4v) is 1.16. The monoisotopic (exact) mass is 165 g/mol. The number of halogens is 1. The van der Waals surface area contributed by atoms with Crippen LogP contribution in [0.4, 0.5) is 10.1 Å². The molecule has 0 saturated carbocycles. The van der Waals surface area contributed by atoms with Crippen LogP contribution in [0.1, 0.15) is 0 Å². The number of H-pyrrole nitrogens is 1. The molecule has 0 spiro atoms. The van der Waals surface area contributed by atoms with Crippen LogP contribution in [-0.2, 0) is 0 Å². The van der Waals surface area contributed by atoms with Gasteiger partial charge in [-0.1, -0.05) is 0 Å². The molecule has 1 aromatic carbocycles. The first-order valence-corrected chi connectivity index (χ1v) is 3.61. The average Bonchev–Trinajstić information content (AvgIpc) is 2.49. The van der Waals surface area contributed by atoms with E-state index in [1.165, 1.54) is 6.07 Å². The average molecular weight is 165 g/mol. The number of rotatable bonds is 1. The normalized spacial score (nSPS) is 10.5. The SMILES string of the molecule is CNc1cc2cn[nH]c2cc1F. The molecule has 0 fully saturated rings. The Morgan fingerprint density at radius 3 is 3.08 bits per heavy atom. The summed E-state index contributed by atoms with van der Waals surface area (Å²) in [6.45, 7) is 0. The summed E-state index contributed by atoms with van der Waals surface area (Å²) in [4.78, 5) is 0. The van der Waals surface area contributed by atoms with Crippen LogP contribution < -0.4 is 5.32 Å². The van der Waals surface area contributed by atoms with Gasteiger partial charge in [-0.3, -0.25) is 5.10 Å². The van der Waals surface area contributed by atoms with E-state index in [9.17, 15) is 4.39 Å². The molecule has 0 bridgehead atoms. The summed E-state index contributed by atoms with van der Waals surface area (Å²) in [5.74, 6) is -0.269. The molecule has 62 valence electrons. The van der Waals surface area contributed by atoms with Crippen LogP contribution in [0.2, 0.25) is 0 Å². The second-order valence-electron chi connectivity index (χ2n) is 2.54. The van der Waals surface area contributed by atoms with Gasteiger partial charge < -0.3 is 5.32 Å². The van der Waals surface area contributed by atoms with Gasteiger partial charge >= 0.3 is 0 Å². The molecule has 4 heteroatoms. The Balaban J connectivity index is 2.73. The number of anilines is 1. The first-order chi connectivity index (χ1) is 5.81. The Morgan fingerprint density at radius 2 is 2.33 bits per heavy atom. The van der Waals surface area contributed by atoms with E-state index in [1.807, 2.05) is 0 Å². The molecule has 0 atom stereocenters. The van der Waals surface area contributed by atoms with Crippen LogP contribution in [0.25, 0.3) is 10.9 Å². The molecule has 0 aliphatic carbocycles. The van der Waals surface area contributed by atoms with Gasteiger partial charge in [0.15, 0.2) is 0 Å². The van der Waals surface area contributed by atoms with Crippen molar-refractivity contribution in [1.82, 2.24) is 10.2 Å². The van der Waals surface area contributed by atoms with Gasteiger partial charge in [-0.2, -0.15) is 5.10 Å². The topological polar surface area (TPSA) is 40.7 Å². The summed E-state index contributed by atoms with van der Waals surface area (Å²) >= 11 is 0. The number of nitrogens with one attached hydrogen (secondary N) is 2. The van der Waals surface area contributed by atoms with Gasteiger partial charge in [0.25, 0.3) is 0 Å². The predicted octanol–water partition coefficient (Wildman–Crippen LogP) is 1.74. The maximum Gasteiger partial charge on any atom is 0.148 e. The Bertz CT molecular complexity index is 408. The van der Waals surface area contributed by atoms with Crippen molar-refractivity contribution in [2.24, 2.45) is 0 Å². The molecule has 0 amide bonds. The van der Waals surface area contributed by atoms with Gasteiger partial charge in [-0.25, -0.2) is 4.39 Å². The van der Waals surface area contributed by atoms with E-state index in [-0.39, 0.29) is 5.82 Å². The highest BCUT2D eigenvalue weighted by molar-refractivity contribution is 5.82. The molecule has 0 radical (unpaired) electrons. The minimum absolute atomic E-state index is 0.269. The van der Waals surface area contributed by atoms with Crippen LogP contribution in [0, 0.1) is 5.82 Å². The number of benzene rings is 1. The van der Waals surface area contributed by atoms with E-state index in [4.69, 9.17) is 0 Å². The van der Waals surface area contributed by atoms with Crippen molar-refractivity contribution in [2.45, 2.75) is 0 Å². The highest BCUT2D eigenvalue weighted by atomic mass is 19.1. The molecule has 12 heavy (non-hydrogen) atoms. The largest absolute Gasteiger partial charge is 0.386 e. The zero-order valence-electron chi connectivity index (χ0n) is 6.56. The first kappa shape index (κ1) is 7.09. The van der Waals surface area contributed by atoms with Gasteiger partial charge in [0, 0.05) is 18.5 Å². The van der Waals surface area contributed by atoms with Crippen LogP contribution >= 0.6 is 0 Å². The fourth-order valence-electron chi connectivity index (χ4n) is 1.16. The maximum atomic E-state index is 13.1. The van der Waals surface area contributed by atoms with Gasteiger partial charge in [-0.05, 0) is 6.07 Å². The Hall–Kier alpha value is -1.58. The molecule has 3 nitrogen and oxygen atoms in total. The van der Waals surface area contributed by atoms with Crippen molar-refractivity contribution in [2.75, 3.05) is 12.4 Å². The highest BCUT2D eigenvalue weighted by Crippen LogP contribution is 2.20. The van der Waals surface area contributed by atoms with Gasteiger partial charge in [0.1, 0.15) is 5.82 Å². The van der Waals surface area contributed by atoms with E-state index >= 15 is 0 Å². The summed E-state index contributed by atoms with van der Waals surface area (Å²) in [7, 11) is 1.68. The van der Waals surface area contributed by atoms with Crippen molar-refractivity contribution in [1.29, 1.82) is 0 Å². The number of aromatic amines is 1. The van der Waals surface area contributed by atoms with E-state index in [0.717, 1.165) is 5.39 Å². The highest BCUT2D eigenvalue weighted by Gasteiger charge is 2.03. The lowest BCUT2D eigenvalue weighted by molar-refractivity contribution is 0.633. The Morgan fingerprint density at radius 1 is 1.50 bits per heavy atom. The van der Waals surface area contributed by atoms with Crippen molar-refractivity contribution in [3.63, 3.8) is 0 Å². The number of aromatic nitrogens is 2. The smallest absolute Gasteiger partial charge is 0.148 e. The third-order valence-corrected chi connectivity index (χ3v) is 1.80. The lowest BCUT2D eigenvalue weighted by Crippen LogP contribution is -1.91. The first-order valence-electron chi connectivity index (χ1n) is 3.61. The predicted molar refractivity (Wildman–Crippen MR) is 45.6 cm³/mol. The Labute approximate surface area is 68.6 Å². The number of fused-ring (bicyclic) bond motifs is 1. The molecule has 1 aromatic heterocycles. The molecule has 0 unspecified atom stereocenters. The van der Waals surface area contributed by atoms with E-state index in [0.29, 0.717) is 11.2 Å². The van der Waals surface area contributed by atoms with E-state index in [1.54, 1.807) is 19.3 Å². The molecular formula is C8H8FN3. The van der Waals surface area contributed by atoms with E-state index in [2.05, 4.69) is 15.5 Å². The summed E-state index contributed by atoms with van der Waals surface area (Å²) in [5, 5.41) is 10.2. The molecule has 2 aromatic rings. The molecule has 0 aliphatic heterocycles.